The molecule has 124 valence electrons. The number of allylic oxidation sites excluding steroid dienone is 1. The summed E-state index contributed by atoms with van der Waals surface area (Å²) >= 11 is 0. The molecular formula is C19H11N5O2. The number of benzene rings is 2. The normalized spacial score (nSPS) is 9.77. The van der Waals surface area contributed by atoms with E-state index in [-0.39, 0.29) is 11.3 Å². The first-order chi connectivity index (χ1) is 12.6. The van der Waals surface area contributed by atoms with Gasteiger partial charge in [-0.05, 0) is 18.2 Å². The molecule has 0 aliphatic rings. The largest absolute Gasteiger partial charge is 0.269 e. The van der Waals surface area contributed by atoms with Crippen molar-refractivity contribution in [2.45, 2.75) is 0 Å². The van der Waals surface area contributed by atoms with Crippen LogP contribution in [-0.2, 0) is 0 Å². The van der Waals surface area contributed by atoms with Crippen molar-refractivity contribution in [3.63, 3.8) is 0 Å². The molecule has 0 saturated heterocycles. The van der Waals surface area contributed by atoms with Crippen LogP contribution in [0.5, 0.6) is 0 Å². The molecule has 0 fully saturated rings. The van der Waals surface area contributed by atoms with Crippen LogP contribution < -0.4 is 0 Å². The van der Waals surface area contributed by atoms with Crippen LogP contribution in [0.25, 0.3) is 23.0 Å². The summed E-state index contributed by atoms with van der Waals surface area (Å²) in [7, 11) is 0. The summed E-state index contributed by atoms with van der Waals surface area (Å²) in [6.45, 7) is 0. The van der Waals surface area contributed by atoms with Gasteiger partial charge in [0.2, 0.25) is 0 Å². The lowest BCUT2D eigenvalue weighted by molar-refractivity contribution is -0.384. The Bertz CT molecular complexity index is 1050. The lowest BCUT2D eigenvalue weighted by Gasteiger charge is -2.00. The van der Waals surface area contributed by atoms with E-state index in [0.717, 1.165) is 5.56 Å². The minimum Gasteiger partial charge on any atom is -0.258 e. The van der Waals surface area contributed by atoms with Crippen LogP contribution in [-0.4, -0.2) is 14.7 Å². The van der Waals surface area contributed by atoms with Gasteiger partial charge in [-0.1, -0.05) is 30.3 Å². The molecule has 0 saturated carbocycles. The van der Waals surface area contributed by atoms with Crippen molar-refractivity contribution in [1.82, 2.24) is 9.78 Å². The number of non-ortho nitro benzene ring substituents is 1. The number of nitro benzene ring substituents is 1. The van der Waals surface area contributed by atoms with Crippen molar-refractivity contribution in [2.24, 2.45) is 0 Å². The van der Waals surface area contributed by atoms with E-state index in [1.54, 1.807) is 23.0 Å². The number of nitriles is 2. The van der Waals surface area contributed by atoms with E-state index in [9.17, 15) is 10.1 Å². The van der Waals surface area contributed by atoms with Gasteiger partial charge in [0.15, 0.2) is 0 Å². The van der Waals surface area contributed by atoms with Gasteiger partial charge in [-0.3, -0.25) is 10.1 Å². The SMILES string of the molecule is N#CC(C#N)=Cc1cn(-c2ccc([N+](=O)[O-])cc2)nc1-c1ccccc1. The zero-order valence-corrected chi connectivity index (χ0v) is 13.4. The molecule has 0 aliphatic heterocycles. The van der Waals surface area contributed by atoms with Crippen LogP contribution in [0, 0.1) is 32.8 Å². The lowest BCUT2D eigenvalue weighted by atomic mass is 10.1. The number of nitrogens with zero attached hydrogens (tertiary/aromatic N) is 5. The summed E-state index contributed by atoms with van der Waals surface area (Å²) in [6, 6.07) is 19.0. The second-order valence-electron chi connectivity index (χ2n) is 5.30. The first-order valence-electron chi connectivity index (χ1n) is 7.54. The van der Waals surface area contributed by atoms with Crippen LogP contribution in [0.4, 0.5) is 5.69 Å². The zero-order valence-electron chi connectivity index (χ0n) is 13.4. The topological polar surface area (TPSA) is 109 Å². The number of rotatable bonds is 4. The van der Waals surface area contributed by atoms with Gasteiger partial charge >= 0.3 is 0 Å². The summed E-state index contributed by atoms with van der Waals surface area (Å²) in [6.07, 6.45) is 3.15. The van der Waals surface area contributed by atoms with E-state index in [4.69, 9.17) is 10.5 Å². The highest BCUT2D eigenvalue weighted by Gasteiger charge is 2.12. The minimum atomic E-state index is -0.470. The molecule has 3 rings (SSSR count). The molecule has 0 N–H and O–H groups in total. The van der Waals surface area contributed by atoms with Crippen molar-refractivity contribution < 1.29 is 4.92 Å². The Kier molecular flexibility index (Phi) is 4.55. The molecule has 3 aromatic rings. The maximum atomic E-state index is 10.8. The van der Waals surface area contributed by atoms with Crippen molar-refractivity contribution >= 4 is 11.8 Å². The molecular weight excluding hydrogens is 330 g/mol. The van der Waals surface area contributed by atoms with Gasteiger partial charge in [0.25, 0.3) is 5.69 Å². The summed E-state index contributed by atoms with van der Waals surface area (Å²) < 4.78 is 1.56. The standard InChI is InChI=1S/C19H11N5O2/c20-11-14(12-21)10-16-13-23(17-6-8-18(9-7-17)24(25)26)22-19(16)15-4-2-1-3-5-15/h1-10,13H. The minimum absolute atomic E-state index is 0.0134. The van der Waals surface area contributed by atoms with E-state index in [1.165, 1.54) is 18.2 Å². The zero-order chi connectivity index (χ0) is 18.5. The summed E-state index contributed by atoms with van der Waals surface area (Å²) in [5.74, 6) is 0. The average Bonchev–Trinajstić information content (AvgIpc) is 3.10. The van der Waals surface area contributed by atoms with E-state index in [1.807, 2.05) is 42.5 Å². The smallest absolute Gasteiger partial charge is 0.258 e. The fourth-order valence-corrected chi connectivity index (χ4v) is 2.42. The van der Waals surface area contributed by atoms with Crippen molar-refractivity contribution in [3.05, 3.63) is 82.0 Å². The molecule has 0 unspecified atom stereocenters. The molecule has 7 heteroatoms. The molecule has 0 aliphatic carbocycles. The highest BCUT2D eigenvalue weighted by atomic mass is 16.6. The molecule has 0 amide bonds. The van der Waals surface area contributed by atoms with Gasteiger partial charge in [0, 0.05) is 29.5 Å². The molecule has 26 heavy (non-hydrogen) atoms. The molecule has 1 aromatic heterocycles. The molecule has 7 nitrogen and oxygen atoms in total. The number of hydrogen-bond acceptors (Lipinski definition) is 5. The summed E-state index contributed by atoms with van der Waals surface area (Å²) in [5, 5.41) is 33.4. The van der Waals surface area contributed by atoms with E-state index >= 15 is 0 Å². The van der Waals surface area contributed by atoms with Gasteiger partial charge in [-0.2, -0.15) is 15.6 Å². The predicted molar refractivity (Wildman–Crippen MR) is 94.9 cm³/mol. The van der Waals surface area contributed by atoms with E-state index in [0.29, 0.717) is 16.9 Å². The Labute approximate surface area is 148 Å². The third kappa shape index (κ3) is 3.32. The predicted octanol–water partition coefficient (Wildman–Crippen LogP) is 3.88. The Morgan fingerprint density at radius 2 is 1.73 bits per heavy atom. The highest BCUT2D eigenvalue weighted by molar-refractivity contribution is 5.75. The fourth-order valence-electron chi connectivity index (χ4n) is 2.42. The van der Waals surface area contributed by atoms with Gasteiger partial charge in [0.05, 0.1) is 10.6 Å². The number of aromatic nitrogens is 2. The Morgan fingerprint density at radius 3 is 2.31 bits per heavy atom. The van der Waals surface area contributed by atoms with Crippen molar-refractivity contribution in [2.75, 3.05) is 0 Å². The van der Waals surface area contributed by atoms with Crippen LogP contribution in [0.15, 0.2) is 66.4 Å². The molecule has 0 radical (unpaired) electrons. The highest BCUT2D eigenvalue weighted by Crippen LogP contribution is 2.26. The average molecular weight is 341 g/mol. The van der Waals surface area contributed by atoms with Crippen LogP contribution >= 0.6 is 0 Å². The Morgan fingerprint density at radius 1 is 1.08 bits per heavy atom. The Hall–Kier alpha value is -4.23. The first kappa shape index (κ1) is 16.6. The van der Waals surface area contributed by atoms with Gasteiger partial charge < -0.3 is 0 Å². The third-order valence-electron chi connectivity index (χ3n) is 3.66. The number of nitro groups is 1. The summed E-state index contributed by atoms with van der Waals surface area (Å²) in [4.78, 5) is 10.3. The summed E-state index contributed by atoms with van der Waals surface area (Å²) in [5.41, 5.74) is 2.61. The molecule has 1 heterocycles. The van der Waals surface area contributed by atoms with Crippen molar-refractivity contribution in [1.29, 1.82) is 10.5 Å². The lowest BCUT2D eigenvalue weighted by Crippen LogP contribution is -1.95. The quantitative estimate of drug-likeness (QED) is 0.406. The molecule has 0 spiro atoms. The fraction of sp³-hybridized carbons (Fsp3) is 0. The molecule has 0 atom stereocenters. The van der Waals surface area contributed by atoms with E-state index in [2.05, 4.69) is 5.10 Å². The third-order valence-corrected chi connectivity index (χ3v) is 3.66. The van der Waals surface area contributed by atoms with Gasteiger partial charge in [0.1, 0.15) is 23.4 Å². The first-order valence-corrected chi connectivity index (χ1v) is 7.54. The van der Waals surface area contributed by atoms with Crippen LogP contribution in [0.3, 0.4) is 0 Å². The Balaban J connectivity index is 2.12. The maximum absolute atomic E-state index is 10.8. The molecule has 0 bridgehead atoms. The van der Waals surface area contributed by atoms with Crippen molar-refractivity contribution in [3.8, 4) is 29.1 Å². The van der Waals surface area contributed by atoms with E-state index < -0.39 is 4.92 Å². The van der Waals surface area contributed by atoms with Gasteiger partial charge in [-0.25, -0.2) is 4.68 Å². The second kappa shape index (κ2) is 7.12. The monoisotopic (exact) mass is 341 g/mol. The number of hydrogen-bond donors (Lipinski definition) is 0. The van der Waals surface area contributed by atoms with Gasteiger partial charge in [-0.15, -0.1) is 0 Å². The molecule has 2 aromatic carbocycles. The maximum Gasteiger partial charge on any atom is 0.269 e. The second-order valence-corrected chi connectivity index (χ2v) is 5.30. The van der Waals surface area contributed by atoms with Crippen LogP contribution in [0.2, 0.25) is 0 Å². The van der Waals surface area contributed by atoms with Crippen LogP contribution in [0.1, 0.15) is 5.56 Å².